The van der Waals surface area contributed by atoms with Crippen LogP contribution >= 0.6 is 0 Å². The number of aromatic nitrogens is 2. The molecule has 0 saturated heterocycles. The maximum absolute atomic E-state index is 12.5. The number of aryl methyl sites for hydroxylation is 2. The second-order valence-corrected chi connectivity index (χ2v) is 5.89. The second-order valence-electron chi connectivity index (χ2n) is 5.89. The molecule has 140 valence electrons. The van der Waals surface area contributed by atoms with Gasteiger partial charge in [0.05, 0.1) is 22.9 Å². The zero-order valence-corrected chi connectivity index (χ0v) is 14.5. The van der Waals surface area contributed by atoms with Gasteiger partial charge in [-0.2, -0.15) is 8.78 Å². The van der Waals surface area contributed by atoms with Gasteiger partial charge in [0.25, 0.3) is 5.56 Å². The van der Waals surface area contributed by atoms with E-state index in [-0.39, 0.29) is 30.0 Å². The summed E-state index contributed by atoms with van der Waals surface area (Å²) in [5, 5.41) is 3.00. The topological polar surface area (TPSA) is 73.2 Å². The largest absolute Gasteiger partial charge is 0.433 e. The fourth-order valence-corrected chi connectivity index (χ4v) is 2.70. The molecule has 0 aliphatic carbocycles. The number of nitrogens with zero attached hydrogens (tertiary/aromatic N) is 2. The number of anilines is 1. The van der Waals surface area contributed by atoms with Gasteiger partial charge in [-0.3, -0.25) is 14.2 Å². The van der Waals surface area contributed by atoms with Gasteiger partial charge in [0.2, 0.25) is 5.91 Å². The molecular formula is C19H17F2N3O3. The molecule has 0 aliphatic heterocycles. The van der Waals surface area contributed by atoms with Gasteiger partial charge in [-0.05, 0) is 30.7 Å². The molecule has 0 atom stereocenters. The Morgan fingerprint density at radius 3 is 2.78 bits per heavy atom. The van der Waals surface area contributed by atoms with E-state index in [0.717, 1.165) is 5.56 Å². The van der Waals surface area contributed by atoms with E-state index in [2.05, 4.69) is 15.0 Å². The van der Waals surface area contributed by atoms with Gasteiger partial charge < -0.3 is 10.1 Å². The van der Waals surface area contributed by atoms with Gasteiger partial charge >= 0.3 is 6.61 Å². The number of carbonyl (C=O) groups excluding carboxylic acids is 1. The lowest BCUT2D eigenvalue weighted by molar-refractivity contribution is -0.116. The fraction of sp³-hybridized carbons (Fsp3) is 0.211. The Kier molecular flexibility index (Phi) is 5.44. The van der Waals surface area contributed by atoms with Crippen molar-refractivity contribution < 1.29 is 18.3 Å². The Morgan fingerprint density at radius 2 is 2.00 bits per heavy atom. The van der Waals surface area contributed by atoms with Crippen LogP contribution < -0.4 is 15.6 Å². The number of hydrogen-bond donors (Lipinski definition) is 1. The minimum Gasteiger partial charge on any atom is -0.433 e. The molecule has 1 heterocycles. The van der Waals surface area contributed by atoms with Crippen molar-refractivity contribution in [3.63, 3.8) is 0 Å². The molecule has 1 aromatic heterocycles. The Hall–Kier alpha value is -3.29. The first-order valence-corrected chi connectivity index (χ1v) is 8.24. The van der Waals surface area contributed by atoms with Crippen molar-refractivity contribution in [1.29, 1.82) is 0 Å². The fourth-order valence-electron chi connectivity index (χ4n) is 2.70. The monoisotopic (exact) mass is 373 g/mol. The summed E-state index contributed by atoms with van der Waals surface area (Å²) >= 11 is 0. The summed E-state index contributed by atoms with van der Waals surface area (Å²) in [5.41, 5.74) is 1.42. The summed E-state index contributed by atoms with van der Waals surface area (Å²) in [6.07, 6.45) is 1.38. The number of para-hydroxylation sites is 3. The van der Waals surface area contributed by atoms with E-state index >= 15 is 0 Å². The normalized spacial score (nSPS) is 11.0. The van der Waals surface area contributed by atoms with E-state index < -0.39 is 12.5 Å². The minimum atomic E-state index is -2.99. The number of carbonyl (C=O) groups is 1. The highest BCUT2D eigenvalue weighted by atomic mass is 19.3. The molecule has 1 N–H and O–H groups in total. The van der Waals surface area contributed by atoms with Crippen LogP contribution in [0.4, 0.5) is 14.5 Å². The molecule has 0 saturated carbocycles. The Labute approximate surface area is 153 Å². The number of hydrogen-bond acceptors (Lipinski definition) is 4. The molecule has 0 spiro atoms. The van der Waals surface area contributed by atoms with Gasteiger partial charge in [0.15, 0.2) is 0 Å². The standard InChI is InChI=1S/C19H17F2N3O3/c1-12-5-4-6-13-17(12)22-11-24(18(13)26)10-9-16(25)23-14-7-2-3-8-15(14)27-19(20)21/h2-8,11,19H,9-10H2,1H3,(H,23,25). The molecule has 27 heavy (non-hydrogen) atoms. The third kappa shape index (κ3) is 4.28. The minimum absolute atomic E-state index is 0.0259. The van der Waals surface area contributed by atoms with E-state index in [9.17, 15) is 18.4 Å². The van der Waals surface area contributed by atoms with Crippen molar-refractivity contribution >= 4 is 22.5 Å². The summed E-state index contributed by atoms with van der Waals surface area (Å²) in [5.74, 6) is -0.558. The summed E-state index contributed by atoms with van der Waals surface area (Å²) in [6.45, 7) is -1.01. The van der Waals surface area contributed by atoms with Crippen LogP contribution in [-0.2, 0) is 11.3 Å². The predicted octanol–water partition coefficient (Wildman–Crippen LogP) is 3.34. The predicted molar refractivity (Wildman–Crippen MR) is 97.1 cm³/mol. The van der Waals surface area contributed by atoms with Crippen LogP contribution in [-0.4, -0.2) is 22.1 Å². The van der Waals surface area contributed by atoms with Gasteiger partial charge in [-0.25, -0.2) is 4.98 Å². The van der Waals surface area contributed by atoms with Crippen molar-refractivity contribution in [1.82, 2.24) is 9.55 Å². The van der Waals surface area contributed by atoms with E-state index in [1.807, 2.05) is 13.0 Å². The Morgan fingerprint density at radius 1 is 1.22 bits per heavy atom. The van der Waals surface area contributed by atoms with Crippen LogP contribution in [0, 0.1) is 6.92 Å². The molecule has 0 unspecified atom stereocenters. The summed E-state index contributed by atoms with van der Waals surface area (Å²) in [7, 11) is 0. The molecule has 6 nitrogen and oxygen atoms in total. The summed E-state index contributed by atoms with van der Waals surface area (Å²) in [6, 6.07) is 11.2. The van der Waals surface area contributed by atoms with Gasteiger partial charge in [0.1, 0.15) is 5.75 Å². The molecule has 1 amide bonds. The van der Waals surface area contributed by atoms with Gasteiger partial charge in [-0.15, -0.1) is 0 Å². The van der Waals surface area contributed by atoms with Crippen molar-refractivity contribution in [2.24, 2.45) is 0 Å². The summed E-state index contributed by atoms with van der Waals surface area (Å²) in [4.78, 5) is 29.0. The average molecular weight is 373 g/mol. The number of halogens is 2. The van der Waals surface area contributed by atoms with E-state index in [1.54, 1.807) is 18.2 Å². The van der Waals surface area contributed by atoms with Crippen LogP contribution in [0.3, 0.4) is 0 Å². The molecule has 0 bridgehead atoms. The second kappa shape index (κ2) is 7.94. The van der Waals surface area contributed by atoms with E-state index in [1.165, 1.54) is 29.1 Å². The third-order valence-electron chi connectivity index (χ3n) is 4.01. The lowest BCUT2D eigenvalue weighted by Crippen LogP contribution is -2.24. The number of fused-ring (bicyclic) bond motifs is 1. The van der Waals surface area contributed by atoms with Gasteiger partial charge in [0, 0.05) is 13.0 Å². The molecule has 3 rings (SSSR count). The Bertz CT molecular complexity index is 1030. The number of nitrogens with one attached hydrogen (secondary N) is 1. The smallest absolute Gasteiger partial charge is 0.387 e. The molecule has 8 heteroatoms. The van der Waals surface area contributed by atoms with Crippen LogP contribution in [0.5, 0.6) is 5.75 Å². The molecular weight excluding hydrogens is 356 g/mol. The van der Waals surface area contributed by atoms with Crippen molar-refractivity contribution in [2.45, 2.75) is 26.5 Å². The number of ether oxygens (including phenoxy) is 1. The molecule has 0 fully saturated rings. The van der Waals surface area contributed by atoms with Crippen molar-refractivity contribution in [2.75, 3.05) is 5.32 Å². The van der Waals surface area contributed by atoms with E-state index in [0.29, 0.717) is 10.9 Å². The van der Waals surface area contributed by atoms with E-state index in [4.69, 9.17) is 0 Å². The van der Waals surface area contributed by atoms with Crippen molar-refractivity contribution in [3.8, 4) is 5.75 Å². The number of alkyl halides is 2. The summed E-state index contributed by atoms with van der Waals surface area (Å²) < 4.78 is 30.6. The first-order chi connectivity index (χ1) is 13.0. The SMILES string of the molecule is Cc1cccc2c(=O)n(CCC(=O)Nc3ccccc3OC(F)F)cnc12. The molecule has 0 aliphatic rings. The highest BCUT2D eigenvalue weighted by Crippen LogP contribution is 2.25. The first-order valence-electron chi connectivity index (χ1n) is 8.24. The maximum atomic E-state index is 12.5. The van der Waals surface area contributed by atoms with Crippen LogP contribution in [0.1, 0.15) is 12.0 Å². The molecule has 2 aromatic carbocycles. The van der Waals surface area contributed by atoms with Gasteiger partial charge in [-0.1, -0.05) is 24.3 Å². The Balaban J connectivity index is 1.71. The quantitative estimate of drug-likeness (QED) is 0.719. The lowest BCUT2D eigenvalue weighted by atomic mass is 10.1. The highest BCUT2D eigenvalue weighted by molar-refractivity contribution is 5.92. The van der Waals surface area contributed by atoms with Crippen LogP contribution in [0.15, 0.2) is 53.6 Å². The molecule has 0 radical (unpaired) electrons. The first kappa shape index (κ1) is 18.5. The lowest BCUT2D eigenvalue weighted by Gasteiger charge is -2.12. The highest BCUT2D eigenvalue weighted by Gasteiger charge is 2.12. The number of amides is 1. The van der Waals surface area contributed by atoms with Crippen LogP contribution in [0.2, 0.25) is 0 Å². The van der Waals surface area contributed by atoms with Crippen LogP contribution in [0.25, 0.3) is 10.9 Å². The zero-order chi connectivity index (χ0) is 19.4. The average Bonchev–Trinajstić information content (AvgIpc) is 2.63. The van der Waals surface area contributed by atoms with Crippen molar-refractivity contribution in [3.05, 3.63) is 64.7 Å². The number of rotatable bonds is 6. The maximum Gasteiger partial charge on any atom is 0.387 e. The zero-order valence-electron chi connectivity index (χ0n) is 14.5. The number of benzene rings is 2. The third-order valence-corrected chi connectivity index (χ3v) is 4.01. The molecule has 3 aromatic rings.